The van der Waals surface area contributed by atoms with Gasteiger partial charge in [-0.25, -0.2) is 0 Å². The zero-order chi connectivity index (χ0) is 72.8. The number of ether oxygens (including phenoxy) is 2. The summed E-state index contributed by atoms with van der Waals surface area (Å²) in [6, 6.07) is 9.22. The summed E-state index contributed by atoms with van der Waals surface area (Å²) >= 11 is 31.8. The quantitative estimate of drug-likeness (QED) is 0.0522. The summed E-state index contributed by atoms with van der Waals surface area (Å²) in [5, 5.41) is 78.2. The zero-order valence-electron chi connectivity index (χ0n) is 56.5. The molecule has 558 valence electrons. The number of rotatable bonds is 18. The first kappa shape index (κ1) is 84.7. The largest absolute Gasteiger partial charge is 3.00 e. The maximum atomic E-state index is 15.0. The molecule has 9 amide bonds. The van der Waals surface area contributed by atoms with Crippen molar-refractivity contribution in [3.63, 3.8) is 0 Å². The monoisotopic (exact) mass is 1660 g/mol. The first-order valence-electron chi connectivity index (χ1n) is 33.8. The third-order valence-corrected chi connectivity index (χ3v) is 18.2. The summed E-state index contributed by atoms with van der Waals surface area (Å²) in [5.41, 5.74) is -3.33. The van der Waals surface area contributed by atoms with Gasteiger partial charge in [-0.05, 0) is 74.2 Å². The molecule has 102 heavy (non-hydrogen) atoms. The summed E-state index contributed by atoms with van der Waals surface area (Å²) < 4.78 is 11.2. The van der Waals surface area contributed by atoms with Gasteiger partial charge in [0.2, 0.25) is 5.91 Å². The van der Waals surface area contributed by atoms with Crippen LogP contribution in [0.5, 0.6) is 23.0 Å². The Morgan fingerprint density at radius 3 is 1.00 bits per heavy atom. The number of nitrogens with zero attached hydrogens (tertiary/aromatic N) is 5. The standard InChI is InChI=1S/C68H90Cl5N13O15.Tb/c69-9-5-1-2-7-32-100-34-35-101-33-17-74-56(87)8-4-3-6-18-86-31-30-85-25-16-81-66(97)53-41-46(72)40-52(59(53)90)63(94)77-12-21-83(22-15-80-67(98)54-42-47(73)43-55(60(54)91)68(86)99)27-26-82-19-10-75-61(92)48-36-44(70)38-50(57(48)88)64(95)78-13-23-84(28-29-85)24-14-79-65(96)51-39-45(71)37-49(58(51)89)62(93)76-11-20-82;/h36-43,88-91H,1-35H2,(H,74,87)(H,75,92)(H,76,93)(H,77,94)(H,78,95)(H,79,96)(H,80,98)(H,81,97);/q;+3/p-4. The maximum Gasteiger partial charge on any atom is 3.00 e. The minimum absolute atomic E-state index is 0. The molecule has 0 aliphatic carbocycles. The van der Waals surface area contributed by atoms with Crippen molar-refractivity contribution in [1.29, 1.82) is 0 Å². The Morgan fingerprint density at radius 2 is 0.657 bits per heavy atom. The van der Waals surface area contributed by atoms with E-state index in [1.165, 1.54) is 11.0 Å². The van der Waals surface area contributed by atoms with Crippen LogP contribution in [0.1, 0.15) is 134 Å². The van der Waals surface area contributed by atoms with Crippen molar-refractivity contribution in [3.05, 3.63) is 113 Å². The number of hydrogen-bond donors (Lipinski definition) is 8. The van der Waals surface area contributed by atoms with Crippen molar-refractivity contribution in [2.45, 2.75) is 51.4 Å². The third-order valence-electron chi connectivity index (χ3n) is 17.0. The maximum absolute atomic E-state index is 15.0. The summed E-state index contributed by atoms with van der Waals surface area (Å²) in [7, 11) is 0. The molecule has 4 aromatic rings. The third kappa shape index (κ3) is 27.1. The van der Waals surface area contributed by atoms with Crippen molar-refractivity contribution >= 4 is 111 Å². The van der Waals surface area contributed by atoms with Crippen LogP contribution in [0, 0.1) is 38.6 Å². The van der Waals surface area contributed by atoms with E-state index in [1.54, 1.807) is 14.7 Å². The number of hydrogen-bond acceptors (Lipinski definition) is 19. The Hall–Kier alpha value is -6.19. The van der Waals surface area contributed by atoms with Crippen molar-refractivity contribution in [2.24, 2.45) is 0 Å². The molecule has 4 aliphatic heterocycles. The molecule has 8 rings (SSSR count). The molecular formula is C68H86Cl5N13O15Tb-. The minimum atomic E-state index is -0.902. The van der Waals surface area contributed by atoms with E-state index in [4.69, 9.17) is 67.5 Å². The molecule has 0 spiro atoms. The molecule has 0 saturated heterocycles. The van der Waals surface area contributed by atoms with E-state index in [1.807, 2.05) is 4.90 Å². The van der Waals surface area contributed by atoms with Crippen molar-refractivity contribution < 1.29 is 112 Å². The van der Waals surface area contributed by atoms with E-state index in [-0.39, 0.29) is 222 Å². The molecular weight excluding hydrogens is 1580 g/mol. The molecule has 0 fully saturated rings. The van der Waals surface area contributed by atoms with Gasteiger partial charge in [-0.15, -0.1) is 11.6 Å². The van der Waals surface area contributed by atoms with E-state index < -0.39 is 115 Å². The molecule has 0 radical (unpaired) electrons. The first-order chi connectivity index (χ1) is 48.6. The van der Waals surface area contributed by atoms with Crippen LogP contribution in [0.2, 0.25) is 20.1 Å². The van der Waals surface area contributed by atoms with Gasteiger partial charge in [-0.3, -0.25) is 62.8 Å². The van der Waals surface area contributed by atoms with Crippen molar-refractivity contribution in [2.75, 3.05) is 176 Å². The average molecular weight is 1660 g/mol. The van der Waals surface area contributed by atoms with Gasteiger partial charge in [0.15, 0.2) is 0 Å². The molecule has 28 nitrogen and oxygen atoms in total. The van der Waals surface area contributed by atoms with Crippen LogP contribution in [0.15, 0.2) is 48.5 Å². The van der Waals surface area contributed by atoms with E-state index >= 15 is 4.79 Å². The predicted molar refractivity (Wildman–Crippen MR) is 374 cm³/mol. The van der Waals surface area contributed by atoms with Gasteiger partial charge in [0.1, 0.15) is 0 Å². The van der Waals surface area contributed by atoms with Crippen LogP contribution >= 0.6 is 58.0 Å². The second kappa shape index (κ2) is 44.6. The summed E-state index contributed by atoms with van der Waals surface area (Å²) in [4.78, 5) is 134. The Morgan fingerprint density at radius 1 is 0.373 bits per heavy atom. The second-order valence-corrected chi connectivity index (χ2v) is 26.4. The Kier molecular flexibility index (Phi) is 37.0. The topological polar surface area (TPSA) is 377 Å². The van der Waals surface area contributed by atoms with Gasteiger partial charge in [-0.2, -0.15) is 0 Å². The van der Waals surface area contributed by atoms with E-state index in [0.717, 1.165) is 68.1 Å². The number of alkyl halides is 1. The molecule has 8 N–H and O–H groups in total. The summed E-state index contributed by atoms with van der Waals surface area (Å²) in [6.45, 7) is 1.62. The molecule has 4 heterocycles. The van der Waals surface area contributed by atoms with E-state index in [9.17, 15) is 58.8 Å². The van der Waals surface area contributed by atoms with E-state index in [2.05, 4.69) is 42.5 Å². The van der Waals surface area contributed by atoms with Crippen molar-refractivity contribution in [3.8, 4) is 23.0 Å². The number of amides is 9. The molecule has 2 atom stereocenters. The van der Waals surface area contributed by atoms with Gasteiger partial charge in [-0.1, -0.05) is 88.7 Å². The van der Waals surface area contributed by atoms with Crippen LogP contribution in [0.4, 0.5) is 0 Å². The second-order valence-electron chi connectivity index (χ2n) is 24.3. The number of fused-ring (bicyclic) bond motifs is 16. The van der Waals surface area contributed by atoms with Crippen LogP contribution in [-0.2, 0) is 14.3 Å². The normalized spacial score (nSPS) is 19.3. The molecule has 4 aliphatic rings. The number of benzene rings is 4. The SMILES string of the molecule is O=C(CCCCCN1CCN2CCNC(=O)c3cc(Cl)cc(c3[O-])C(=O)NCCN(CCNC(=O)c3cc(Cl)cc(c3[O-])C1=O)CCN1CCNC(=O)c3cc(Cl)cc(c3[O-])C(=O)NCCN(CCNC(=O)c3cc(Cl)cc(c3[O-])C(=O)NCC1)CC2)NCCOCCOCCCCCCCl.[Tb+3]. The average Bonchev–Trinajstić information content (AvgIpc) is 0.821. The smallest absolute Gasteiger partial charge is 0.871 e. The van der Waals surface area contributed by atoms with Gasteiger partial charge in [0, 0.05) is 227 Å². The van der Waals surface area contributed by atoms with Crippen LogP contribution in [-0.4, -0.2) is 254 Å². The number of nitrogens with one attached hydrogen (secondary N) is 8. The van der Waals surface area contributed by atoms with Crippen molar-refractivity contribution in [1.82, 2.24) is 67.0 Å². The Labute approximate surface area is 648 Å². The first-order valence-corrected chi connectivity index (χ1v) is 35.8. The number of carbonyl (C=O) groups excluding carboxylic acids is 9. The fourth-order valence-electron chi connectivity index (χ4n) is 11.4. The molecule has 34 heteroatoms. The minimum Gasteiger partial charge on any atom is -0.871 e. The molecule has 12 bridgehead atoms. The molecule has 0 saturated carbocycles. The number of halogens is 5. The predicted octanol–water partition coefficient (Wildman–Crippen LogP) is 2.00. The number of carbonyl (C=O) groups is 9. The van der Waals surface area contributed by atoms with Crippen LogP contribution in [0.25, 0.3) is 0 Å². The molecule has 4 aromatic carbocycles. The summed E-state index contributed by atoms with van der Waals surface area (Å²) in [6.07, 6.45) is 5.40. The van der Waals surface area contributed by atoms with E-state index in [0.29, 0.717) is 45.0 Å². The summed E-state index contributed by atoms with van der Waals surface area (Å²) in [5.74, 6) is -9.87. The Balaban J connectivity index is 0.0000164. The van der Waals surface area contributed by atoms with Gasteiger partial charge in [0.25, 0.3) is 47.3 Å². The number of unbranched alkanes of at least 4 members (excludes halogenated alkanes) is 5. The molecule has 2 unspecified atom stereocenters. The zero-order valence-corrected chi connectivity index (χ0v) is 62.4. The fraction of sp³-hybridized carbons (Fsp3) is 0.515. The fourth-order valence-corrected chi connectivity index (χ4v) is 12.5. The van der Waals surface area contributed by atoms with Gasteiger partial charge < -0.3 is 77.3 Å². The van der Waals surface area contributed by atoms with Gasteiger partial charge in [0.05, 0.1) is 19.8 Å². The van der Waals surface area contributed by atoms with Crippen LogP contribution in [0.3, 0.4) is 0 Å². The Bertz CT molecular complexity index is 3450. The van der Waals surface area contributed by atoms with Crippen LogP contribution < -0.4 is 63.0 Å². The van der Waals surface area contributed by atoms with Gasteiger partial charge >= 0.3 is 38.6 Å². The molecule has 0 aromatic heterocycles.